The maximum Gasteiger partial charge on any atom is 0.408 e. The van der Waals surface area contributed by atoms with E-state index in [-0.39, 0.29) is 13.0 Å². The lowest BCUT2D eigenvalue weighted by molar-refractivity contribution is -0.143. The van der Waals surface area contributed by atoms with Crippen LogP contribution in [-0.2, 0) is 27.3 Å². The fourth-order valence-electron chi connectivity index (χ4n) is 1.73. The van der Waals surface area contributed by atoms with E-state index in [1.54, 1.807) is 32.9 Å². The van der Waals surface area contributed by atoms with E-state index < -0.39 is 23.7 Å². The van der Waals surface area contributed by atoms with Gasteiger partial charge in [0, 0.05) is 18.3 Å². The van der Waals surface area contributed by atoms with Gasteiger partial charge in [-0.3, -0.25) is 4.98 Å². The number of rotatable bonds is 5. The number of aliphatic hydroxyl groups is 1. The molecule has 2 N–H and O–H groups in total. The largest absolute Gasteiger partial charge is 0.467 e. The van der Waals surface area contributed by atoms with E-state index in [2.05, 4.69) is 15.0 Å². The highest BCUT2D eigenvalue weighted by molar-refractivity contribution is 5.81. The Morgan fingerprint density at radius 1 is 1.41 bits per heavy atom. The first-order valence-corrected chi connectivity index (χ1v) is 6.87. The molecule has 22 heavy (non-hydrogen) atoms. The second kappa shape index (κ2) is 7.74. The Hall–Kier alpha value is -2.15. The van der Waals surface area contributed by atoms with E-state index in [4.69, 9.17) is 9.84 Å². The van der Waals surface area contributed by atoms with E-state index in [0.29, 0.717) is 11.3 Å². The van der Waals surface area contributed by atoms with Crippen LogP contribution in [0.25, 0.3) is 0 Å². The molecule has 0 spiro atoms. The molecule has 1 heterocycles. The minimum atomic E-state index is -0.915. The van der Waals surface area contributed by atoms with Crippen molar-refractivity contribution < 1.29 is 24.2 Å². The van der Waals surface area contributed by atoms with Crippen LogP contribution in [-0.4, -0.2) is 40.9 Å². The maximum absolute atomic E-state index is 11.8. The van der Waals surface area contributed by atoms with E-state index in [1.807, 2.05) is 0 Å². The topological polar surface area (TPSA) is 97.8 Å². The van der Waals surface area contributed by atoms with Crippen molar-refractivity contribution in [2.24, 2.45) is 0 Å². The molecule has 0 aromatic carbocycles. The number of ether oxygens (including phenoxy) is 2. The van der Waals surface area contributed by atoms with Crippen molar-refractivity contribution in [2.45, 2.75) is 45.4 Å². The Kier molecular flexibility index (Phi) is 6.30. The van der Waals surface area contributed by atoms with Gasteiger partial charge in [0.05, 0.1) is 13.7 Å². The van der Waals surface area contributed by atoms with Gasteiger partial charge in [0.15, 0.2) is 0 Å². The second-order valence-corrected chi connectivity index (χ2v) is 5.74. The first-order chi connectivity index (χ1) is 10.2. The van der Waals surface area contributed by atoms with E-state index in [1.165, 1.54) is 13.3 Å². The summed E-state index contributed by atoms with van der Waals surface area (Å²) in [5.41, 5.74) is 0.559. The van der Waals surface area contributed by atoms with Crippen molar-refractivity contribution in [2.75, 3.05) is 7.11 Å². The highest BCUT2D eigenvalue weighted by atomic mass is 16.6. The summed E-state index contributed by atoms with van der Waals surface area (Å²) in [5.74, 6) is -0.595. The first kappa shape index (κ1) is 17.9. The number of nitrogens with zero attached hydrogens (tertiary/aromatic N) is 1. The Balaban J connectivity index is 2.80. The molecule has 0 aliphatic heterocycles. The third-order valence-electron chi connectivity index (χ3n) is 2.65. The molecule has 0 saturated carbocycles. The lowest BCUT2D eigenvalue weighted by atomic mass is 10.1. The Morgan fingerprint density at radius 3 is 2.64 bits per heavy atom. The number of nitrogens with one attached hydrogen (secondary N) is 1. The average molecular weight is 310 g/mol. The highest BCUT2D eigenvalue weighted by Crippen LogP contribution is 2.09. The number of pyridine rings is 1. The molecule has 0 aliphatic rings. The molecule has 1 aromatic heterocycles. The number of carbonyl (C=O) groups is 2. The van der Waals surface area contributed by atoms with E-state index in [9.17, 15) is 9.59 Å². The zero-order valence-corrected chi connectivity index (χ0v) is 13.3. The Morgan fingerprint density at radius 2 is 2.09 bits per heavy atom. The summed E-state index contributed by atoms with van der Waals surface area (Å²) in [6.45, 7) is 5.06. The van der Waals surface area contributed by atoms with Crippen molar-refractivity contribution in [3.63, 3.8) is 0 Å². The Bertz CT molecular complexity index is 525. The van der Waals surface area contributed by atoms with Crippen LogP contribution in [0.1, 0.15) is 32.0 Å². The lowest BCUT2D eigenvalue weighted by Crippen LogP contribution is -2.45. The standard InChI is InChI=1S/C15H22N2O5/c1-15(2,3)22-14(20)17-12(13(19)21-4)8-11-7-10(9-18)5-6-16-11/h5-7,12,18H,8-9H2,1-4H3,(H,17,20)/t12-/m0/s1. The van der Waals surface area contributed by atoms with Crippen molar-refractivity contribution in [1.82, 2.24) is 10.3 Å². The van der Waals surface area contributed by atoms with Gasteiger partial charge in [0.25, 0.3) is 0 Å². The van der Waals surface area contributed by atoms with Crippen molar-refractivity contribution in [3.05, 3.63) is 29.6 Å². The average Bonchev–Trinajstić information content (AvgIpc) is 2.44. The molecule has 0 bridgehead atoms. The van der Waals surface area contributed by atoms with Gasteiger partial charge in [0.2, 0.25) is 0 Å². The Labute approximate surface area is 129 Å². The van der Waals surface area contributed by atoms with Gasteiger partial charge < -0.3 is 19.9 Å². The minimum Gasteiger partial charge on any atom is -0.467 e. The fourth-order valence-corrected chi connectivity index (χ4v) is 1.73. The molecule has 0 unspecified atom stereocenters. The zero-order chi connectivity index (χ0) is 16.8. The minimum absolute atomic E-state index is 0.127. The third-order valence-corrected chi connectivity index (χ3v) is 2.65. The predicted octanol–water partition coefficient (Wildman–Crippen LogP) is 1.18. The van der Waals surface area contributed by atoms with E-state index >= 15 is 0 Å². The molecule has 1 atom stereocenters. The molecule has 7 nitrogen and oxygen atoms in total. The monoisotopic (exact) mass is 310 g/mol. The molecule has 0 fully saturated rings. The lowest BCUT2D eigenvalue weighted by Gasteiger charge is -2.22. The van der Waals surface area contributed by atoms with Crippen LogP contribution in [0.3, 0.4) is 0 Å². The molecule has 1 rings (SSSR count). The molecular weight excluding hydrogens is 288 g/mol. The van der Waals surface area contributed by atoms with Gasteiger partial charge in [-0.1, -0.05) is 0 Å². The van der Waals surface area contributed by atoms with Gasteiger partial charge in [0.1, 0.15) is 11.6 Å². The van der Waals surface area contributed by atoms with Crippen LogP contribution in [0.5, 0.6) is 0 Å². The number of aromatic nitrogens is 1. The zero-order valence-electron chi connectivity index (χ0n) is 13.3. The van der Waals surface area contributed by atoms with Crippen molar-refractivity contribution in [3.8, 4) is 0 Å². The number of alkyl carbamates (subject to hydrolysis) is 1. The molecule has 1 amide bonds. The molecule has 0 saturated heterocycles. The number of carbonyl (C=O) groups excluding carboxylic acids is 2. The highest BCUT2D eigenvalue weighted by Gasteiger charge is 2.25. The SMILES string of the molecule is COC(=O)[C@H](Cc1cc(CO)ccn1)NC(=O)OC(C)(C)C. The molecule has 0 aliphatic carbocycles. The van der Waals surface area contributed by atoms with Gasteiger partial charge >= 0.3 is 12.1 Å². The summed E-state index contributed by atoms with van der Waals surface area (Å²) in [4.78, 5) is 27.7. The number of hydrogen-bond acceptors (Lipinski definition) is 6. The normalized spacial score (nSPS) is 12.4. The molecule has 122 valence electrons. The van der Waals surface area contributed by atoms with Crippen LogP contribution in [0.15, 0.2) is 18.3 Å². The van der Waals surface area contributed by atoms with E-state index in [0.717, 1.165) is 0 Å². The molecule has 7 heteroatoms. The number of amides is 1. The van der Waals surface area contributed by atoms with Gasteiger partial charge in [-0.2, -0.15) is 0 Å². The van der Waals surface area contributed by atoms with Gasteiger partial charge in [-0.25, -0.2) is 9.59 Å². The maximum atomic E-state index is 11.8. The van der Waals surface area contributed by atoms with Crippen molar-refractivity contribution in [1.29, 1.82) is 0 Å². The summed E-state index contributed by atoms with van der Waals surface area (Å²) < 4.78 is 9.81. The number of esters is 1. The van der Waals surface area contributed by atoms with Crippen LogP contribution in [0.4, 0.5) is 4.79 Å². The van der Waals surface area contributed by atoms with Crippen molar-refractivity contribution >= 4 is 12.1 Å². The molecular formula is C15H22N2O5. The smallest absolute Gasteiger partial charge is 0.408 e. The van der Waals surface area contributed by atoms with Crippen LogP contribution >= 0.6 is 0 Å². The van der Waals surface area contributed by atoms with Gasteiger partial charge in [-0.05, 0) is 38.5 Å². The molecule has 0 radical (unpaired) electrons. The number of hydrogen-bond donors (Lipinski definition) is 2. The summed E-state index contributed by atoms with van der Waals surface area (Å²) in [7, 11) is 1.24. The second-order valence-electron chi connectivity index (χ2n) is 5.74. The van der Waals surface area contributed by atoms with Crippen LogP contribution in [0.2, 0.25) is 0 Å². The quantitative estimate of drug-likeness (QED) is 0.793. The fraction of sp³-hybridized carbons (Fsp3) is 0.533. The first-order valence-electron chi connectivity index (χ1n) is 6.87. The predicted molar refractivity (Wildman–Crippen MR) is 79.0 cm³/mol. The van der Waals surface area contributed by atoms with Gasteiger partial charge in [-0.15, -0.1) is 0 Å². The number of aliphatic hydroxyl groups excluding tert-OH is 1. The number of methoxy groups -OCH3 is 1. The summed E-state index contributed by atoms with van der Waals surface area (Å²) in [5, 5.41) is 11.6. The summed E-state index contributed by atoms with van der Waals surface area (Å²) >= 11 is 0. The molecule has 1 aromatic rings. The summed E-state index contributed by atoms with van der Waals surface area (Å²) in [6.07, 6.45) is 0.962. The third kappa shape index (κ3) is 6.09. The van der Waals surface area contributed by atoms with Crippen LogP contribution < -0.4 is 5.32 Å². The van der Waals surface area contributed by atoms with Crippen LogP contribution in [0, 0.1) is 0 Å². The summed E-state index contributed by atoms with van der Waals surface area (Å²) in [6, 6.07) is 2.41.